The summed E-state index contributed by atoms with van der Waals surface area (Å²) in [7, 11) is 1.65. The van der Waals surface area contributed by atoms with Crippen molar-refractivity contribution in [2.75, 3.05) is 31.6 Å². The molecule has 32 heavy (non-hydrogen) atoms. The van der Waals surface area contributed by atoms with Gasteiger partial charge in [0.25, 0.3) is 0 Å². The number of fused-ring (bicyclic) bond motifs is 1. The van der Waals surface area contributed by atoms with Gasteiger partial charge in [-0.3, -0.25) is 9.47 Å². The number of piperazine rings is 1. The Kier molecular flexibility index (Phi) is 6.22. The van der Waals surface area contributed by atoms with Crippen LogP contribution >= 0.6 is 0 Å². The van der Waals surface area contributed by atoms with Crippen molar-refractivity contribution in [3.05, 3.63) is 53.9 Å². The number of carbonyl (C=O) groups excluding carboxylic acids is 1. The molecule has 1 aliphatic heterocycles. The standard InChI is InChI=1S/C25H32N4O3/c1-6-28-16(2)14-27(15-17(28)3)20-8-7-9-21(13-20)29-23-11-10-19(25(30)31)12-22(23)26-24(29)18(4)32-5/h7-13,16-18H,6,14-15H2,1-5H3,(H,30,31)/p-1. The zero-order valence-corrected chi connectivity index (χ0v) is 19.4. The smallest absolute Gasteiger partial charge is 0.143 e. The van der Waals surface area contributed by atoms with E-state index in [0.717, 1.165) is 36.7 Å². The first-order chi connectivity index (χ1) is 15.3. The first-order valence-electron chi connectivity index (χ1n) is 11.2. The largest absolute Gasteiger partial charge is 0.545 e. The number of hydrogen-bond acceptors (Lipinski definition) is 6. The van der Waals surface area contributed by atoms with Crippen molar-refractivity contribution < 1.29 is 14.6 Å². The Bertz CT molecular complexity index is 1110. The highest BCUT2D eigenvalue weighted by molar-refractivity contribution is 5.91. The molecule has 4 rings (SSSR count). The van der Waals surface area contributed by atoms with E-state index in [9.17, 15) is 9.90 Å². The van der Waals surface area contributed by atoms with E-state index >= 15 is 0 Å². The van der Waals surface area contributed by atoms with Gasteiger partial charge >= 0.3 is 0 Å². The van der Waals surface area contributed by atoms with Crippen molar-refractivity contribution in [2.24, 2.45) is 0 Å². The van der Waals surface area contributed by atoms with Gasteiger partial charge in [0, 0.05) is 43.7 Å². The van der Waals surface area contributed by atoms with Gasteiger partial charge in [0.1, 0.15) is 11.9 Å². The summed E-state index contributed by atoms with van der Waals surface area (Å²) >= 11 is 0. The molecule has 0 aliphatic carbocycles. The molecule has 1 fully saturated rings. The van der Waals surface area contributed by atoms with Gasteiger partial charge in [-0.1, -0.05) is 19.1 Å². The highest BCUT2D eigenvalue weighted by Crippen LogP contribution is 2.30. The average Bonchev–Trinajstić information content (AvgIpc) is 3.17. The van der Waals surface area contributed by atoms with Crippen LogP contribution in [0.15, 0.2) is 42.5 Å². The lowest BCUT2D eigenvalue weighted by molar-refractivity contribution is -0.255. The fraction of sp³-hybridized carbons (Fsp3) is 0.440. The van der Waals surface area contributed by atoms with Gasteiger partial charge in [0.2, 0.25) is 0 Å². The van der Waals surface area contributed by atoms with E-state index in [2.05, 4.69) is 59.4 Å². The lowest BCUT2D eigenvalue weighted by Crippen LogP contribution is -2.56. The number of aromatic nitrogens is 2. The van der Waals surface area contributed by atoms with E-state index in [-0.39, 0.29) is 11.7 Å². The maximum atomic E-state index is 11.3. The molecule has 0 bridgehead atoms. The Morgan fingerprint density at radius 2 is 1.84 bits per heavy atom. The van der Waals surface area contributed by atoms with Crippen molar-refractivity contribution in [1.82, 2.24) is 14.5 Å². The molecule has 0 amide bonds. The number of rotatable bonds is 6. The summed E-state index contributed by atoms with van der Waals surface area (Å²) in [5.74, 6) is -0.480. The number of ether oxygens (including phenoxy) is 1. The van der Waals surface area contributed by atoms with Gasteiger partial charge in [0.05, 0.1) is 17.0 Å². The van der Waals surface area contributed by atoms with Crippen molar-refractivity contribution >= 4 is 22.7 Å². The predicted octanol–water partition coefficient (Wildman–Crippen LogP) is 3.02. The van der Waals surface area contributed by atoms with Crippen LogP contribution in [-0.2, 0) is 4.74 Å². The second kappa shape index (κ2) is 8.92. The molecule has 1 aliphatic rings. The lowest BCUT2D eigenvalue weighted by atomic mass is 10.1. The van der Waals surface area contributed by atoms with Gasteiger partial charge < -0.3 is 19.5 Å². The van der Waals surface area contributed by atoms with E-state index in [0.29, 0.717) is 17.6 Å². The Hall–Kier alpha value is -2.90. The van der Waals surface area contributed by atoms with Crippen LogP contribution in [0.25, 0.3) is 16.7 Å². The Morgan fingerprint density at radius 1 is 1.16 bits per heavy atom. The minimum atomic E-state index is -1.21. The molecule has 2 heterocycles. The van der Waals surface area contributed by atoms with Crippen LogP contribution in [-0.4, -0.2) is 59.2 Å². The third-order valence-corrected chi connectivity index (χ3v) is 6.55. The summed E-state index contributed by atoms with van der Waals surface area (Å²) in [6.45, 7) is 11.7. The Balaban J connectivity index is 1.78. The second-order valence-electron chi connectivity index (χ2n) is 8.63. The van der Waals surface area contributed by atoms with Gasteiger partial charge in [-0.15, -0.1) is 0 Å². The number of hydrogen-bond donors (Lipinski definition) is 0. The monoisotopic (exact) mass is 435 g/mol. The highest BCUT2D eigenvalue weighted by atomic mass is 16.5. The van der Waals surface area contributed by atoms with E-state index in [1.807, 2.05) is 6.92 Å². The molecule has 0 N–H and O–H groups in total. The lowest BCUT2D eigenvalue weighted by Gasteiger charge is -2.45. The normalized spacial score (nSPS) is 20.6. The van der Waals surface area contributed by atoms with E-state index in [1.165, 1.54) is 5.69 Å². The first-order valence-corrected chi connectivity index (χ1v) is 11.2. The van der Waals surface area contributed by atoms with Crippen LogP contribution in [0.3, 0.4) is 0 Å². The quantitative estimate of drug-likeness (QED) is 0.593. The molecule has 1 aromatic heterocycles. The Labute approximate surface area is 189 Å². The summed E-state index contributed by atoms with van der Waals surface area (Å²) in [5, 5.41) is 11.3. The van der Waals surface area contributed by atoms with Crippen molar-refractivity contribution in [2.45, 2.75) is 45.9 Å². The molecule has 0 radical (unpaired) electrons. The molecule has 0 spiro atoms. The number of methoxy groups -OCH3 is 1. The topological polar surface area (TPSA) is 73.7 Å². The maximum Gasteiger partial charge on any atom is 0.143 e. The molecule has 3 unspecified atom stereocenters. The minimum absolute atomic E-state index is 0.115. The third-order valence-electron chi connectivity index (χ3n) is 6.55. The number of carboxylic acid groups (broad SMARTS) is 1. The number of aromatic carboxylic acids is 1. The summed E-state index contributed by atoms with van der Waals surface area (Å²) in [5.41, 5.74) is 3.70. The molecule has 2 aromatic carbocycles. The zero-order valence-electron chi connectivity index (χ0n) is 19.4. The molecular formula is C25H31N4O3-. The van der Waals surface area contributed by atoms with Crippen LogP contribution in [0.1, 0.15) is 50.0 Å². The molecule has 3 aromatic rings. The van der Waals surface area contributed by atoms with Crippen molar-refractivity contribution in [3.63, 3.8) is 0 Å². The number of imidazole rings is 1. The number of nitrogens with zero attached hydrogens (tertiary/aromatic N) is 4. The summed E-state index contributed by atoms with van der Waals surface area (Å²) in [6, 6.07) is 14.3. The molecule has 7 nitrogen and oxygen atoms in total. The van der Waals surface area contributed by atoms with E-state index in [1.54, 1.807) is 25.3 Å². The number of carboxylic acids is 1. The predicted molar refractivity (Wildman–Crippen MR) is 124 cm³/mol. The fourth-order valence-electron chi connectivity index (χ4n) is 4.89. The average molecular weight is 436 g/mol. The van der Waals surface area contributed by atoms with Crippen LogP contribution < -0.4 is 10.0 Å². The fourth-order valence-corrected chi connectivity index (χ4v) is 4.89. The molecular weight excluding hydrogens is 404 g/mol. The number of benzene rings is 2. The number of carbonyl (C=O) groups is 1. The van der Waals surface area contributed by atoms with Gasteiger partial charge in [-0.25, -0.2) is 4.98 Å². The summed E-state index contributed by atoms with van der Waals surface area (Å²) in [4.78, 5) is 21.0. The van der Waals surface area contributed by atoms with Crippen molar-refractivity contribution in [3.8, 4) is 5.69 Å². The molecule has 0 saturated carbocycles. The molecule has 3 atom stereocenters. The van der Waals surface area contributed by atoms with Gasteiger partial charge in [-0.05, 0) is 63.2 Å². The van der Waals surface area contributed by atoms with E-state index < -0.39 is 5.97 Å². The first kappa shape index (κ1) is 22.3. The maximum absolute atomic E-state index is 11.3. The minimum Gasteiger partial charge on any atom is -0.545 e. The SMILES string of the molecule is CCN1C(C)CN(c2cccc(-n3c(C(C)OC)nc4cc(C(=O)[O-])ccc43)c2)CC1C. The third kappa shape index (κ3) is 3.98. The van der Waals surface area contributed by atoms with E-state index in [4.69, 9.17) is 9.72 Å². The van der Waals surface area contributed by atoms with Gasteiger partial charge in [0.15, 0.2) is 0 Å². The Morgan fingerprint density at radius 3 is 2.47 bits per heavy atom. The molecule has 170 valence electrons. The van der Waals surface area contributed by atoms with Crippen LogP contribution in [0.4, 0.5) is 5.69 Å². The molecule has 7 heteroatoms. The van der Waals surface area contributed by atoms with Crippen LogP contribution in [0.5, 0.6) is 0 Å². The van der Waals surface area contributed by atoms with Crippen LogP contribution in [0.2, 0.25) is 0 Å². The number of anilines is 1. The number of likely N-dealkylation sites (N-methyl/N-ethyl adjacent to an activating group) is 1. The van der Waals surface area contributed by atoms with Gasteiger partial charge in [-0.2, -0.15) is 0 Å². The van der Waals surface area contributed by atoms with Crippen molar-refractivity contribution in [1.29, 1.82) is 0 Å². The second-order valence-corrected chi connectivity index (χ2v) is 8.63. The highest BCUT2D eigenvalue weighted by Gasteiger charge is 2.28. The zero-order chi connectivity index (χ0) is 23.0. The summed E-state index contributed by atoms with van der Waals surface area (Å²) in [6.07, 6.45) is -0.259. The summed E-state index contributed by atoms with van der Waals surface area (Å²) < 4.78 is 7.63. The van der Waals surface area contributed by atoms with Crippen LogP contribution in [0, 0.1) is 0 Å². The molecule has 1 saturated heterocycles.